The normalized spacial score (nSPS) is 10.2. The van der Waals surface area contributed by atoms with Crippen LogP contribution in [0, 0.1) is 11.3 Å². The molecule has 0 saturated heterocycles. The molecule has 2 heterocycles. The van der Waals surface area contributed by atoms with Gasteiger partial charge in [-0.25, -0.2) is 4.98 Å². The Kier molecular flexibility index (Phi) is 2.56. The van der Waals surface area contributed by atoms with Gasteiger partial charge in [0.05, 0.1) is 30.3 Å². The summed E-state index contributed by atoms with van der Waals surface area (Å²) in [6.07, 6.45) is 1.78. The quantitative estimate of drug-likeness (QED) is 0.829. The first-order valence-corrected chi connectivity index (χ1v) is 4.76. The Labute approximate surface area is 91.6 Å². The topological polar surface area (TPSA) is 78.4 Å². The standard InChI is InChI=1S/C11H9N3O2/c12-5-4-9-8(7-11(15)16)13-10-3-1-2-6-14(9)10/h1-3,6H,4,7H2,(H,15,16). The predicted molar refractivity (Wildman–Crippen MR) is 55.8 cm³/mol. The first-order chi connectivity index (χ1) is 7.72. The van der Waals surface area contributed by atoms with Crippen LogP contribution in [0.1, 0.15) is 11.4 Å². The van der Waals surface area contributed by atoms with Crippen molar-refractivity contribution < 1.29 is 9.90 Å². The highest BCUT2D eigenvalue weighted by molar-refractivity contribution is 5.70. The van der Waals surface area contributed by atoms with E-state index in [1.807, 2.05) is 18.2 Å². The average Bonchev–Trinajstić information content (AvgIpc) is 2.57. The van der Waals surface area contributed by atoms with Gasteiger partial charge < -0.3 is 9.51 Å². The summed E-state index contributed by atoms with van der Waals surface area (Å²) < 4.78 is 1.75. The maximum Gasteiger partial charge on any atom is 0.309 e. The number of fused-ring (bicyclic) bond motifs is 1. The maximum atomic E-state index is 10.7. The zero-order valence-electron chi connectivity index (χ0n) is 8.42. The number of pyridine rings is 1. The van der Waals surface area contributed by atoms with Gasteiger partial charge in [0, 0.05) is 6.20 Å². The number of aromatic nitrogens is 2. The summed E-state index contributed by atoms with van der Waals surface area (Å²) in [7, 11) is 0. The van der Waals surface area contributed by atoms with Gasteiger partial charge >= 0.3 is 5.97 Å². The Bertz CT molecular complexity index is 580. The molecule has 80 valence electrons. The lowest BCUT2D eigenvalue weighted by molar-refractivity contribution is -0.136. The van der Waals surface area contributed by atoms with E-state index in [1.54, 1.807) is 16.7 Å². The van der Waals surface area contributed by atoms with Crippen LogP contribution in [0.2, 0.25) is 0 Å². The largest absolute Gasteiger partial charge is 0.481 e. The summed E-state index contributed by atoms with van der Waals surface area (Å²) in [5, 5.41) is 17.5. The third-order valence-corrected chi connectivity index (χ3v) is 2.28. The Hall–Kier alpha value is -2.35. The fourth-order valence-electron chi connectivity index (χ4n) is 1.64. The number of rotatable bonds is 3. The molecule has 0 radical (unpaired) electrons. The summed E-state index contributed by atoms with van der Waals surface area (Å²) in [5.74, 6) is -0.942. The van der Waals surface area contributed by atoms with Gasteiger partial charge in [-0.05, 0) is 12.1 Å². The van der Waals surface area contributed by atoms with E-state index in [2.05, 4.69) is 4.98 Å². The number of imidazole rings is 1. The van der Waals surface area contributed by atoms with Crippen LogP contribution >= 0.6 is 0 Å². The van der Waals surface area contributed by atoms with Crippen molar-refractivity contribution in [3.05, 3.63) is 35.8 Å². The minimum Gasteiger partial charge on any atom is -0.481 e. The summed E-state index contributed by atoms with van der Waals surface area (Å²) >= 11 is 0. The molecular weight excluding hydrogens is 206 g/mol. The molecule has 0 atom stereocenters. The molecule has 0 aliphatic carbocycles. The number of nitrogens with zero attached hydrogens (tertiary/aromatic N) is 3. The molecule has 5 heteroatoms. The monoisotopic (exact) mass is 215 g/mol. The van der Waals surface area contributed by atoms with E-state index in [0.717, 1.165) is 0 Å². The molecule has 2 rings (SSSR count). The summed E-state index contributed by atoms with van der Waals surface area (Å²) in [6, 6.07) is 7.45. The van der Waals surface area contributed by atoms with E-state index in [0.29, 0.717) is 17.0 Å². The van der Waals surface area contributed by atoms with E-state index in [1.165, 1.54) is 0 Å². The van der Waals surface area contributed by atoms with Crippen molar-refractivity contribution in [3.8, 4) is 6.07 Å². The Morgan fingerprint density at radius 3 is 3.06 bits per heavy atom. The molecule has 0 aromatic carbocycles. The fourth-order valence-corrected chi connectivity index (χ4v) is 1.64. The molecule has 0 aliphatic heterocycles. The van der Waals surface area contributed by atoms with Crippen LogP contribution in [0.3, 0.4) is 0 Å². The lowest BCUT2D eigenvalue weighted by Crippen LogP contribution is -2.04. The van der Waals surface area contributed by atoms with E-state index >= 15 is 0 Å². The zero-order chi connectivity index (χ0) is 11.5. The second kappa shape index (κ2) is 4.03. The highest BCUT2D eigenvalue weighted by atomic mass is 16.4. The third-order valence-electron chi connectivity index (χ3n) is 2.28. The zero-order valence-corrected chi connectivity index (χ0v) is 8.42. The minimum atomic E-state index is -0.942. The van der Waals surface area contributed by atoms with Crippen molar-refractivity contribution in [1.29, 1.82) is 5.26 Å². The van der Waals surface area contributed by atoms with Crippen molar-refractivity contribution in [2.45, 2.75) is 12.8 Å². The van der Waals surface area contributed by atoms with Crippen molar-refractivity contribution in [2.75, 3.05) is 0 Å². The summed E-state index contributed by atoms with van der Waals surface area (Å²) in [5.41, 5.74) is 1.78. The molecule has 0 fully saturated rings. The van der Waals surface area contributed by atoms with Crippen LogP contribution in [0.25, 0.3) is 5.65 Å². The molecule has 0 spiro atoms. The van der Waals surface area contributed by atoms with Crippen molar-refractivity contribution in [2.24, 2.45) is 0 Å². The van der Waals surface area contributed by atoms with E-state index in [-0.39, 0.29) is 12.8 Å². The minimum absolute atomic E-state index is 0.154. The van der Waals surface area contributed by atoms with Crippen LogP contribution in [0.15, 0.2) is 24.4 Å². The molecule has 0 saturated carbocycles. The number of aliphatic carboxylic acids is 1. The molecular formula is C11H9N3O2. The molecule has 0 amide bonds. The number of hydrogen-bond acceptors (Lipinski definition) is 3. The SMILES string of the molecule is N#CCc1c(CC(=O)O)nc2ccccn12. The van der Waals surface area contributed by atoms with Gasteiger partial charge in [0.2, 0.25) is 0 Å². The highest BCUT2D eigenvalue weighted by Gasteiger charge is 2.13. The van der Waals surface area contributed by atoms with Gasteiger partial charge in [-0.15, -0.1) is 0 Å². The van der Waals surface area contributed by atoms with Gasteiger partial charge in [-0.2, -0.15) is 5.26 Å². The highest BCUT2D eigenvalue weighted by Crippen LogP contribution is 2.13. The van der Waals surface area contributed by atoms with Crippen LogP contribution in [-0.2, 0) is 17.6 Å². The smallest absolute Gasteiger partial charge is 0.309 e. The Morgan fingerprint density at radius 2 is 2.38 bits per heavy atom. The summed E-state index contributed by atoms with van der Waals surface area (Å²) in [6.45, 7) is 0. The molecule has 1 N–H and O–H groups in total. The van der Waals surface area contributed by atoms with Gasteiger partial charge in [0.15, 0.2) is 0 Å². The van der Waals surface area contributed by atoms with E-state index in [9.17, 15) is 4.79 Å². The second-order valence-corrected chi connectivity index (χ2v) is 3.34. The molecule has 2 aromatic heterocycles. The van der Waals surface area contributed by atoms with Crippen LogP contribution in [-0.4, -0.2) is 20.5 Å². The first-order valence-electron chi connectivity index (χ1n) is 4.76. The van der Waals surface area contributed by atoms with Crippen LogP contribution in [0.4, 0.5) is 0 Å². The molecule has 0 unspecified atom stereocenters. The number of hydrogen-bond donors (Lipinski definition) is 1. The van der Waals surface area contributed by atoms with Crippen molar-refractivity contribution >= 4 is 11.6 Å². The average molecular weight is 215 g/mol. The maximum absolute atomic E-state index is 10.7. The van der Waals surface area contributed by atoms with Gasteiger partial charge in [-0.3, -0.25) is 4.79 Å². The second-order valence-electron chi connectivity index (χ2n) is 3.34. The summed E-state index contributed by atoms with van der Waals surface area (Å²) in [4.78, 5) is 14.9. The molecule has 0 aliphatic rings. The lowest BCUT2D eigenvalue weighted by Gasteiger charge is -1.97. The third kappa shape index (κ3) is 1.73. The molecule has 2 aromatic rings. The Balaban J connectivity index is 2.59. The van der Waals surface area contributed by atoms with E-state index < -0.39 is 5.97 Å². The van der Waals surface area contributed by atoms with Gasteiger partial charge in [-0.1, -0.05) is 6.07 Å². The van der Waals surface area contributed by atoms with Gasteiger partial charge in [0.25, 0.3) is 0 Å². The molecule has 16 heavy (non-hydrogen) atoms. The molecule has 5 nitrogen and oxygen atoms in total. The molecule has 0 bridgehead atoms. The fraction of sp³-hybridized carbons (Fsp3) is 0.182. The van der Waals surface area contributed by atoms with Crippen molar-refractivity contribution in [1.82, 2.24) is 9.38 Å². The predicted octanol–water partition coefficient (Wildman–Crippen LogP) is 1.03. The number of carbonyl (C=O) groups is 1. The van der Waals surface area contributed by atoms with Crippen LogP contribution < -0.4 is 0 Å². The van der Waals surface area contributed by atoms with Crippen LogP contribution in [0.5, 0.6) is 0 Å². The van der Waals surface area contributed by atoms with Crippen molar-refractivity contribution in [3.63, 3.8) is 0 Å². The van der Waals surface area contributed by atoms with Gasteiger partial charge in [0.1, 0.15) is 5.65 Å². The number of carboxylic acid groups (broad SMARTS) is 1. The van der Waals surface area contributed by atoms with E-state index in [4.69, 9.17) is 10.4 Å². The first kappa shape index (κ1) is 10.2. The number of carboxylic acids is 1. The lowest BCUT2D eigenvalue weighted by atomic mass is 10.2. The number of nitriles is 1. The Morgan fingerprint density at radius 1 is 1.56 bits per heavy atom.